The topological polar surface area (TPSA) is 111 Å². The quantitative estimate of drug-likeness (QED) is 0.238. The minimum Gasteiger partial charge on any atom is -0.458 e. The van der Waals surface area contributed by atoms with Crippen molar-refractivity contribution in [2.45, 2.75) is 71.2 Å². The number of unbranched alkanes of at least 4 members (excludes halogenated alkanes) is 2. The molecule has 2 aliphatic heterocycles. The van der Waals surface area contributed by atoms with Crippen molar-refractivity contribution < 1.29 is 23.8 Å². The lowest BCUT2D eigenvalue weighted by molar-refractivity contribution is -0.172. The van der Waals surface area contributed by atoms with E-state index in [1.807, 2.05) is 0 Å². The first-order valence-corrected chi connectivity index (χ1v) is 14.6. The van der Waals surface area contributed by atoms with Crippen LogP contribution in [-0.4, -0.2) is 38.5 Å². The summed E-state index contributed by atoms with van der Waals surface area (Å²) in [5.41, 5.74) is 1.46. The van der Waals surface area contributed by atoms with E-state index in [1.165, 1.54) is 6.07 Å². The Morgan fingerprint density at radius 1 is 1.23 bits per heavy atom. The van der Waals surface area contributed by atoms with Gasteiger partial charge in [-0.1, -0.05) is 13.3 Å². The predicted molar refractivity (Wildman–Crippen MR) is 148 cm³/mol. The number of aryl methyl sites for hydroxylation is 1. The zero-order valence-corrected chi connectivity index (χ0v) is 23.2. The number of cyclic esters (lactones) is 1. The number of aliphatic hydroxyl groups is 1. The standard InChI is InChI=1S/C29H32FN3O5S/c1-4-29(37)21-11-24-26-19(14-33(24)27(35)20(21)15-38-28(29)36)18(13-31-25(34)8-6-5-7-9-39-3)17-10-16(2)22(30)12-23(17)32-26/h10-12,37H,4-9,13-15H2,1-3H3,(H,31,34)/t29-/m0/s1. The number of esters is 1. The molecule has 10 heteroatoms. The maximum absolute atomic E-state index is 14.6. The van der Waals surface area contributed by atoms with Crippen LogP contribution in [0.3, 0.4) is 0 Å². The van der Waals surface area contributed by atoms with Gasteiger partial charge in [-0.25, -0.2) is 14.2 Å². The maximum atomic E-state index is 14.6. The lowest BCUT2D eigenvalue weighted by Gasteiger charge is -2.31. The fraction of sp³-hybridized carbons (Fsp3) is 0.448. The number of aromatic nitrogens is 2. The zero-order chi connectivity index (χ0) is 27.9. The summed E-state index contributed by atoms with van der Waals surface area (Å²) in [6.45, 7) is 3.52. The molecule has 0 aliphatic carbocycles. The highest BCUT2D eigenvalue weighted by molar-refractivity contribution is 7.98. The molecule has 1 amide bonds. The first-order chi connectivity index (χ1) is 18.7. The summed E-state index contributed by atoms with van der Waals surface area (Å²) in [7, 11) is 0. The second-order valence-corrected chi connectivity index (χ2v) is 11.2. The number of hydrogen-bond donors (Lipinski definition) is 2. The van der Waals surface area contributed by atoms with Crippen LogP contribution in [0.25, 0.3) is 22.3 Å². The Labute approximate surface area is 230 Å². The molecule has 8 nitrogen and oxygen atoms in total. The van der Waals surface area contributed by atoms with Crippen LogP contribution in [0.4, 0.5) is 4.39 Å². The van der Waals surface area contributed by atoms with E-state index in [4.69, 9.17) is 9.72 Å². The van der Waals surface area contributed by atoms with Crippen LogP contribution in [0.5, 0.6) is 0 Å². The molecule has 0 spiro atoms. The van der Waals surface area contributed by atoms with Gasteiger partial charge in [0, 0.05) is 35.5 Å². The van der Waals surface area contributed by atoms with Crippen molar-refractivity contribution in [2.75, 3.05) is 12.0 Å². The number of carbonyl (C=O) groups is 2. The van der Waals surface area contributed by atoms with E-state index in [9.17, 15) is 23.9 Å². The lowest BCUT2D eigenvalue weighted by atomic mass is 9.86. The normalized spacial score (nSPS) is 17.5. The summed E-state index contributed by atoms with van der Waals surface area (Å²) < 4.78 is 21.3. The molecule has 4 heterocycles. The fourth-order valence-electron chi connectivity index (χ4n) is 5.48. The van der Waals surface area contributed by atoms with Gasteiger partial charge in [-0.05, 0) is 61.5 Å². The molecule has 39 heavy (non-hydrogen) atoms. The van der Waals surface area contributed by atoms with E-state index in [-0.39, 0.29) is 48.7 Å². The van der Waals surface area contributed by atoms with Gasteiger partial charge in [-0.15, -0.1) is 0 Å². The third-order valence-electron chi connectivity index (χ3n) is 7.80. The highest BCUT2D eigenvalue weighted by Crippen LogP contribution is 2.40. The summed E-state index contributed by atoms with van der Waals surface area (Å²) >= 11 is 1.79. The van der Waals surface area contributed by atoms with E-state index in [2.05, 4.69) is 11.6 Å². The molecule has 0 saturated heterocycles. The number of benzene rings is 1. The number of nitrogens with one attached hydrogen (secondary N) is 1. The molecule has 2 aromatic heterocycles. The van der Waals surface area contributed by atoms with Gasteiger partial charge in [0.05, 0.1) is 29.0 Å². The summed E-state index contributed by atoms with van der Waals surface area (Å²) in [6, 6.07) is 4.72. The molecule has 0 fully saturated rings. The first-order valence-electron chi connectivity index (χ1n) is 13.2. The number of nitrogens with zero attached hydrogens (tertiary/aromatic N) is 2. The molecule has 2 aliphatic rings. The molecule has 5 rings (SSSR count). The Morgan fingerprint density at radius 3 is 2.77 bits per heavy atom. The average molecular weight is 554 g/mol. The van der Waals surface area contributed by atoms with Crippen LogP contribution in [-0.2, 0) is 39.6 Å². The molecular formula is C29H32FN3O5S. The Kier molecular flexibility index (Phi) is 7.52. The van der Waals surface area contributed by atoms with Gasteiger partial charge < -0.3 is 19.7 Å². The van der Waals surface area contributed by atoms with E-state index in [1.54, 1.807) is 42.3 Å². The lowest BCUT2D eigenvalue weighted by Crippen LogP contribution is -2.44. The van der Waals surface area contributed by atoms with E-state index < -0.39 is 17.4 Å². The molecular weight excluding hydrogens is 521 g/mol. The van der Waals surface area contributed by atoms with Gasteiger partial charge in [-0.3, -0.25) is 9.59 Å². The van der Waals surface area contributed by atoms with Gasteiger partial charge >= 0.3 is 5.97 Å². The highest BCUT2D eigenvalue weighted by atomic mass is 32.2. The van der Waals surface area contributed by atoms with Crippen LogP contribution in [0, 0.1) is 12.7 Å². The number of carbonyl (C=O) groups excluding carboxylic acids is 2. The van der Waals surface area contributed by atoms with Gasteiger partial charge in [0.1, 0.15) is 12.4 Å². The van der Waals surface area contributed by atoms with E-state index >= 15 is 0 Å². The van der Waals surface area contributed by atoms with Crippen molar-refractivity contribution in [2.24, 2.45) is 0 Å². The summed E-state index contributed by atoms with van der Waals surface area (Å²) in [5.74, 6) is -0.185. The zero-order valence-electron chi connectivity index (χ0n) is 22.4. The Hall–Kier alpha value is -3.24. The molecule has 206 valence electrons. The second kappa shape index (κ2) is 10.7. The number of hydrogen-bond acceptors (Lipinski definition) is 7. The van der Waals surface area contributed by atoms with Crippen molar-refractivity contribution >= 4 is 34.5 Å². The third kappa shape index (κ3) is 4.74. The largest absolute Gasteiger partial charge is 0.458 e. The average Bonchev–Trinajstić information content (AvgIpc) is 3.28. The summed E-state index contributed by atoms with van der Waals surface area (Å²) in [4.78, 5) is 43.4. The Balaban J connectivity index is 1.57. The van der Waals surface area contributed by atoms with E-state index in [0.717, 1.165) is 36.1 Å². The smallest absolute Gasteiger partial charge is 0.343 e. The summed E-state index contributed by atoms with van der Waals surface area (Å²) in [6.07, 6.45) is 5.39. The summed E-state index contributed by atoms with van der Waals surface area (Å²) in [5, 5.41) is 14.8. The second-order valence-electron chi connectivity index (χ2n) is 10.2. The number of thioether (sulfide) groups is 1. The van der Waals surface area contributed by atoms with Crippen LogP contribution in [0.2, 0.25) is 0 Å². The predicted octanol–water partition coefficient (Wildman–Crippen LogP) is 4.07. The Bertz CT molecular complexity index is 1550. The minimum atomic E-state index is -1.93. The van der Waals surface area contributed by atoms with Crippen LogP contribution in [0.15, 0.2) is 23.0 Å². The van der Waals surface area contributed by atoms with Crippen LogP contribution < -0.4 is 10.9 Å². The van der Waals surface area contributed by atoms with Gasteiger partial charge in [0.2, 0.25) is 5.91 Å². The number of fused-ring (bicyclic) bond motifs is 5. The number of ether oxygens (including phenoxy) is 1. The highest BCUT2D eigenvalue weighted by Gasteiger charge is 2.45. The monoisotopic (exact) mass is 553 g/mol. The number of amides is 1. The van der Waals surface area contributed by atoms with Crippen molar-refractivity contribution in [3.05, 3.63) is 62.2 Å². The van der Waals surface area contributed by atoms with E-state index in [0.29, 0.717) is 34.3 Å². The van der Waals surface area contributed by atoms with Gasteiger partial charge in [-0.2, -0.15) is 11.8 Å². The van der Waals surface area contributed by atoms with Gasteiger partial charge in [0.25, 0.3) is 5.56 Å². The number of halogens is 1. The fourth-order valence-corrected chi connectivity index (χ4v) is 5.97. The first kappa shape index (κ1) is 27.3. The molecule has 0 bridgehead atoms. The third-order valence-corrected chi connectivity index (χ3v) is 8.50. The van der Waals surface area contributed by atoms with Gasteiger partial charge in [0.15, 0.2) is 5.60 Å². The molecule has 1 atom stereocenters. The SMILES string of the molecule is CC[C@@]1(O)C(=O)OCc2c1cc1n(c2=O)Cc2c-1nc1cc(F)c(C)cc1c2CNC(=O)CCCCCSC. The molecule has 2 N–H and O–H groups in total. The minimum absolute atomic E-state index is 0.0405. The number of rotatable bonds is 9. The molecule has 0 unspecified atom stereocenters. The maximum Gasteiger partial charge on any atom is 0.343 e. The van der Waals surface area contributed by atoms with Crippen molar-refractivity contribution in [3.8, 4) is 11.4 Å². The number of pyridine rings is 2. The Morgan fingerprint density at radius 2 is 2.03 bits per heavy atom. The van der Waals surface area contributed by atoms with Crippen molar-refractivity contribution in [1.82, 2.24) is 14.9 Å². The van der Waals surface area contributed by atoms with Crippen LogP contribution in [0.1, 0.15) is 66.8 Å². The molecule has 0 radical (unpaired) electrons. The molecule has 3 aromatic rings. The molecule has 1 aromatic carbocycles. The van der Waals surface area contributed by atoms with Crippen molar-refractivity contribution in [3.63, 3.8) is 0 Å². The van der Waals surface area contributed by atoms with Crippen molar-refractivity contribution in [1.29, 1.82) is 0 Å². The molecule has 0 saturated carbocycles. The van der Waals surface area contributed by atoms with Crippen LogP contribution >= 0.6 is 11.8 Å².